The molecule has 12 heteroatoms. The molecule has 4 rings (SSSR count). The molecule has 0 heterocycles. The zero-order chi connectivity index (χ0) is 34.8. The number of nitrogens with zero attached hydrogens (tertiary/aromatic N) is 2. The number of benzene rings is 4. The Morgan fingerprint density at radius 2 is 1.54 bits per heavy atom. The van der Waals surface area contributed by atoms with E-state index in [9.17, 15) is 18.0 Å². The van der Waals surface area contributed by atoms with Crippen LogP contribution in [-0.4, -0.2) is 58.0 Å². The van der Waals surface area contributed by atoms with Gasteiger partial charge in [0.05, 0.1) is 24.8 Å². The van der Waals surface area contributed by atoms with E-state index in [0.717, 1.165) is 9.87 Å². The average molecular weight is 713 g/mol. The maximum Gasteiger partial charge on any atom is 0.264 e. The number of sulfonamides is 1. The third kappa shape index (κ3) is 9.00. The lowest BCUT2D eigenvalue weighted by atomic mass is 10.0. The van der Waals surface area contributed by atoms with Crippen LogP contribution in [0.15, 0.2) is 102 Å². The molecular formula is C36H39Cl2N3O6S. The molecule has 0 saturated carbocycles. The van der Waals surface area contributed by atoms with Gasteiger partial charge in [0, 0.05) is 35.1 Å². The van der Waals surface area contributed by atoms with Crippen molar-refractivity contribution in [2.24, 2.45) is 0 Å². The quantitative estimate of drug-likeness (QED) is 0.146. The lowest BCUT2D eigenvalue weighted by Crippen LogP contribution is -2.54. The van der Waals surface area contributed by atoms with Crippen molar-refractivity contribution in [1.82, 2.24) is 10.2 Å². The van der Waals surface area contributed by atoms with Gasteiger partial charge in [0.2, 0.25) is 11.8 Å². The minimum atomic E-state index is -4.35. The van der Waals surface area contributed by atoms with Gasteiger partial charge in [0.15, 0.2) is 0 Å². The third-order valence-corrected chi connectivity index (χ3v) is 10.3. The Bertz CT molecular complexity index is 1810. The standard InChI is InChI=1S/C36H39Cl2N3O6S/c1-5-25(2)39-36(43)33(20-26-12-8-6-9-13-26)40(23-27-16-17-28(37)21-31(27)38)35(42)24-41(48(44,45)30-14-10-7-11-15-30)32-22-29(46-3)18-19-34(32)47-4/h6-19,21-22,25,33H,5,20,23-24H2,1-4H3,(H,39,43)/t25-,33+/m0/s1. The Hall–Kier alpha value is -4.25. The molecular weight excluding hydrogens is 673 g/mol. The molecule has 0 fully saturated rings. The number of anilines is 1. The van der Waals surface area contributed by atoms with Gasteiger partial charge in [-0.05, 0) is 60.9 Å². The number of ether oxygens (including phenoxy) is 2. The molecule has 2 atom stereocenters. The summed E-state index contributed by atoms with van der Waals surface area (Å²) in [5, 5.41) is 3.71. The van der Waals surface area contributed by atoms with Crippen LogP contribution in [0.3, 0.4) is 0 Å². The molecule has 0 aromatic heterocycles. The molecule has 4 aromatic carbocycles. The summed E-state index contributed by atoms with van der Waals surface area (Å²) in [5.41, 5.74) is 1.42. The molecule has 0 aliphatic carbocycles. The molecule has 1 N–H and O–H groups in total. The molecule has 0 bridgehead atoms. The number of amides is 2. The molecule has 0 radical (unpaired) electrons. The van der Waals surface area contributed by atoms with Gasteiger partial charge in [-0.25, -0.2) is 8.42 Å². The van der Waals surface area contributed by atoms with Gasteiger partial charge in [0.25, 0.3) is 10.0 Å². The summed E-state index contributed by atoms with van der Waals surface area (Å²) in [6.45, 7) is 3.05. The molecule has 2 amide bonds. The van der Waals surface area contributed by atoms with E-state index >= 15 is 0 Å². The smallest absolute Gasteiger partial charge is 0.264 e. The lowest BCUT2D eigenvalue weighted by molar-refractivity contribution is -0.140. The van der Waals surface area contributed by atoms with Crippen LogP contribution in [0.4, 0.5) is 5.69 Å². The second-order valence-electron chi connectivity index (χ2n) is 11.1. The monoisotopic (exact) mass is 711 g/mol. The summed E-state index contributed by atoms with van der Waals surface area (Å²) in [6.07, 6.45) is 0.827. The zero-order valence-corrected chi connectivity index (χ0v) is 29.6. The van der Waals surface area contributed by atoms with E-state index in [2.05, 4.69) is 5.32 Å². The van der Waals surface area contributed by atoms with Crippen LogP contribution in [0.2, 0.25) is 10.0 Å². The van der Waals surface area contributed by atoms with Gasteiger partial charge < -0.3 is 19.7 Å². The number of carbonyl (C=O) groups is 2. The SMILES string of the molecule is CC[C@H](C)NC(=O)[C@@H](Cc1ccccc1)N(Cc1ccc(Cl)cc1Cl)C(=O)CN(c1cc(OC)ccc1OC)S(=O)(=O)c1ccccc1. The number of rotatable bonds is 15. The van der Waals surface area contributed by atoms with Crippen LogP contribution >= 0.6 is 23.2 Å². The second kappa shape index (κ2) is 16.7. The Morgan fingerprint density at radius 3 is 2.15 bits per heavy atom. The van der Waals surface area contributed by atoms with Gasteiger partial charge in [0.1, 0.15) is 24.1 Å². The van der Waals surface area contributed by atoms with Crippen LogP contribution in [-0.2, 0) is 32.6 Å². The summed E-state index contributed by atoms with van der Waals surface area (Å²) < 4.78 is 40.6. The summed E-state index contributed by atoms with van der Waals surface area (Å²) in [7, 11) is -1.49. The maximum absolute atomic E-state index is 14.7. The van der Waals surface area contributed by atoms with Crippen molar-refractivity contribution in [1.29, 1.82) is 0 Å². The first kappa shape index (κ1) is 36.6. The predicted octanol–water partition coefficient (Wildman–Crippen LogP) is 6.76. The van der Waals surface area contributed by atoms with Crippen molar-refractivity contribution in [2.45, 2.75) is 50.2 Å². The fourth-order valence-corrected chi connectivity index (χ4v) is 6.96. The number of halogens is 2. The number of hydrogen-bond donors (Lipinski definition) is 1. The van der Waals surface area contributed by atoms with Gasteiger partial charge in [-0.15, -0.1) is 0 Å². The normalized spacial score (nSPS) is 12.5. The molecule has 0 aliphatic rings. The van der Waals surface area contributed by atoms with E-state index in [1.54, 1.807) is 48.5 Å². The second-order valence-corrected chi connectivity index (χ2v) is 13.8. The molecule has 0 saturated heterocycles. The maximum atomic E-state index is 14.7. The topological polar surface area (TPSA) is 105 Å². The van der Waals surface area contributed by atoms with Crippen molar-refractivity contribution >= 4 is 50.7 Å². The highest BCUT2D eigenvalue weighted by Crippen LogP contribution is 2.36. The Kier molecular flexibility index (Phi) is 12.7. The zero-order valence-electron chi connectivity index (χ0n) is 27.2. The van der Waals surface area contributed by atoms with E-state index in [0.29, 0.717) is 27.8 Å². The minimum absolute atomic E-state index is 0.0367. The molecule has 0 unspecified atom stereocenters. The molecule has 0 aliphatic heterocycles. The minimum Gasteiger partial charge on any atom is -0.497 e. The summed E-state index contributed by atoms with van der Waals surface area (Å²) in [6, 6.07) is 25.4. The summed E-state index contributed by atoms with van der Waals surface area (Å²) >= 11 is 12.8. The fourth-order valence-electron chi connectivity index (χ4n) is 5.05. The first-order valence-corrected chi connectivity index (χ1v) is 17.6. The molecule has 48 heavy (non-hydrogen) atoms. The Balaban J connectivity index is 1.88. The van der Waals surface area contributed by atoms with E-state index in [1.165, 1.54) is 37.3 Å². The Morgan fingerprint density at radius 1 is 0.875 bits per heavy atom. The first-order chi connectivity index (χ1) is 23.0. The van der Waals surface area contributed by atoms with Crippen molar-refractivity contribution in [3.8, 4) is 11.5 Å². The molecule has 9 nitrogen and oxygen atoms in total. The van der Waals surface area contributed by atoms with Crippen molar-refractivity contribution in [3.05, 3.63) is 118 Å². The highest BCUT2D eigenvalue weighted by molar-refractivity contribution is 7.92. The highest BCUT2D eigenvalue weighted by atomic mass is 35.5. The molecule has 4 aromatic rings. The van der Waals surface area contributed by atoms with E-state index in [-0.39, 0.29) is 41.2 Å². The first-order valence-electron chi connectivity index (χ1n) is 15.4. The van der Waals surface area contributed by atoms with Crippen LogP contribution in [0.5, 0.6) is 11.5 Å². The number of hydrogen-bond acceptors (Lipinski definition) is 6. The van der Waals surface area contributed by atoms with Gasteiger partial charge in [-0.2, -0.15) is 0 Å². The van der Waals surface area contributed by atoms with E-state index < -0.39 is 28.5 Å². The number of nitrogens with one attached hydrogen (secondary N) is 1. The van der Waals surface area contributed by atoms with Gasteiger partial charge >= 0.3 is 0 Å². The lowest BCUT2D eigenvalue weighted by Gasteiger charge is -2.34. The van der Waals surface area contributed by atoms with Crippen LogP contribution in [0, 0.1) is 0 Å². The van der Waals surface area contributed by atoms with Crippen LogP contribution in [0.25, 0.3) is 0 Å². The predicted molar refractivity (Wildman–Crippen MR) is 189 cm³/mol. The summed E-state index contributed by atoms with van der Waals surface area (Å²) in [5.74, 6) is -0.481. The third-order valence-electron chi connectivity index (χ3n) is 7.89. The Labute approximate surface area is 292 Å². The molecule has 254 valence electrons. The van der Waals surface area contributed by atoms with Crippen LogP contribution in [0.1, 0.15) is 31.4 Å². The van der Waals surface area contributed by atoms with Crippen molar-refractivity contribution < 1.29 is 27.5 Å². The fraction of sp³-hybridized carbons (Fsp3) is 0.278. The van der Waals surface area contributed by atoms with Crippen molar-refractivity contribution in [3.63, 3.8) is 0 Å². The van der Waals surface area contributed by atoms with Gasteiger partial charge in [-0.3, -0.25) is 13.9 Å². The van der Waals surface area contributed by atoms with Crippen molar-refractivity contribution in [2.75, 3.05) is 25.1 Å². The van der Waals surface area contributed by atoms with Crippen LogP contribution < -0.4 is 19.1 Å². The van der Waals surface area contributed by atoms with Gasteiger partial charge in [-0.1, -0.05) is 84.7 Å². The van der Waals surface area contributed by atoms with E-state index in [4.69, 9.17) is 32.7 Å². The number of carbonyl (C=O) groups excluding carboxylic acids is 2. The van der Waals surface area contributed by atoms with E-state index in [1.807, 2.05) is 44.2 Å². The highest BCUT2D eigenvalue weighted by Gasteiger charge is 2.36. The molecule has 0 spiro atoms. The largest absolute Gasteiger partial charge is 0.497 e. The average Bonchev–Trinajstić information content (AvgIpc) is 3.09. The summed E-state index contributed by atoms with van der Waals surface area (Å²) in [4.78, 5) is 30.1. The number of methoxy groups -OCH3 is 2.